The second-order valence-electron chi connectivity index (χ2n) is 13.0. The van der Waals surface area contributed by atoms with Gasteiger partial charge in [0.1, 0.15) is 11.4 Å². The molecule has 41 heavy (non-hydrogen) atoms. The molecular weight excluding hydrogens is 537 g/mol. The van der Waals surface area contributed by atoms with Crippen molar-refractivity contribution in [2.45, 2.75) is 91.1 Å². The second-order valence-corrected chi connectivity index (χ2v) is 13.9. The van der Waals surface area contributed by atoms with Gasteiger partial charge in [-0.15, -0.1) is 11.3 Å². The molecule has 2 saturated heterocycles. The monoisotopic (exact) mass is 577 g/mol. The molecule has 1 aromatic carbocycles. The van der Waals surface area contributed by atoms with Crippen molar-refractivity contribution in [2.75, 3.05) is 18.0 Å². The molecule has 2 aromatic heterocycles. The Morgan fingerprint density at radius 2 is 1.76 bits per heavy atom. The summed E-state index contributed by atoms with van der Waals surface area (Å²) in [7, 11) is -0.509. The van der Waals surface area contributed by atoms with Gasteiger partial charge in [0.15, 0.2) is 0 Å². The molecule has 0 aliphatic carbocycles. The summed E-state index contributed by atoms with van der Waals surface area (Å²) in [6.07, 6.45) is 2.90. The van der Waals surface area contributed by atoms with Crippen LogP contribution < -0.4 is 10.4 Å². The van der Waals surface area contributed by atoms with E-state index in [4.69, 9.17) is 19.0 Å². The number of fused-ring (bicyclic) bond motifs is 1. The van der Waals surface area contributed by atoms with E-state index in [1.165, 1.54) is 0 Å². The zero-order valence-corrected chi connectivity index (χ0v) is 26.1. The van der Waals surface area contributed by atoms with Crippen LogP contribution in [0.25, 0.3) is 10.1 Å². The highest BCUT2D eigenvalue weighted by Gasteiger charge is 2.51. The van der Waals surface area contributed by atoms with Crippen LogP contribution in [0.4, 0.5) is 10.6 Å². The van der Waals surface area contributed by atoms with Gasteiger partial charge in [0.25, 0.3) is 5.91 Å². The van der Waals surface area contributed by atoms with E-state index in [2.05, 4.69) is 5.38 Å². The van der Waals surface area contributed by atoms with Crippen molar-refractivity contribution in [1.29, 1.82) is 0 Å². The van der Waals surface area contributed by atoms with Crippen molar-refractivity contribution in [1.82, 2.24) is 9.88 Å². The molecule has 3 aromatic rings. The first-order valence-electron chi connectivity index (χ1n) is 14.3. The molecule has 2 fully saturated rings. The van der Waals surface area contributed by atoms with Crippen molar-refractivity contribution in [3.8, 4) is 0 Å². The van der Waals surface area contributed by atoms with Gasteiger partial charge in [0.05, 0.1) is 17.2 Å². The molecule has 0 radical (unpaired) electrons. The normalized spacial score (nSPS) is 20.3. The smallest absolute Gasteiger partial charge is 0.444 e. The van der Waals surface area contributed by atoms with Crippen molar-refractivity contribution in [3.63, 3.8) is 0 Å². The van der Waals surface area contributed by atoms with Crippen LogP contribution in [0.5, 0.6) is 0 Å². The van der Waals surface area contributed by atoms with Crippen molar-refractivity contribution >= 4 is 51.8 Å². The Labute approximate surface area is 247 Å². The molecule has 4 heterocycles. The van der Waals surface area contributed by atoms with Crippen molar-refractivity contribution in [2.24, 2.45) is 0 Å². The number of aromatic nitrogens is 1. The fraction of sp³-hybridized carbons (Fsp3) is 0.516. The molecule has 2 aliphatic heterocycles. The number of ether oxygens (including phenoxy) is 1. The lowest BCUT2D eigenvalue weighted by Gasteiger charge is -2.39. The number of nitrogens with zero attached hydrogens (tertiary/aromatic N) is 3. The Morgan fingerprint density at radius 3 is 2.39 bits per heavy atom. The molecule has 8 nitrogen and oxygen atoms in total. The number of rotatable bonds is 4. The van der Waals surface area contributed by atoms with Crippen LogP contribution in [0.15, 0.2) is 41.9 Å². The number of hydrogen-bond donors (Lipinski definition) is 0. The Hall–Kier alpha value is -2.95. The lowest BCUT2D eigenvalue weighted by atomic mass is 9.79. The van der Waals surface area contributed by atoms with Gasteiger partial charge in [-0.1, -0.05) is 12.1 Å². The standard InChI is InChI=1S/C31H40BN3O5S/c1-20-19-41-24-15-16-33-26(25(20)24)35(23-10-9-17-34(18-23)28(37)38-29(2,3)4)27(36)21-11-13-22(14-12-21)32-39-30(5,6)31(7,8)40-32/h11-16,19,23H,9-10,17-18H2,1-8H3/t23-/m1/s1. The molecular formula is C31H40BN3O5S. The molecule has 0 spiro atoms. The third-order valence-corrected chi connectivity index (χ3v) is 9.26. The predicted octanol–water partition coefficient (Wildman–Crippen LogP) is 5.95. The first kappa shape index (κ1) is 29.5. The number of pyridine rings is 1. The number of piperidine rings is 1. The lowest BCUT2D eigenvalue weighted by molar-refractivity contribution is 0.00578. The minimum atomic E-state index is -0.598. The third-order valence-electron chi connectivity index (χ3n) is 8.19. The first-order chi connectivity index (χ1) is 19.2. The number of anilines is 1. The van der Waals surface area contributed by atoms with Crippen LogP contribution >= 0.6 is 11.3 Å². The highest BCUT2D eigenvalue weighted by atomic mass is 32.1. The quantitative estimate of drug-likeness (QED) is 0.357. The summed E-state index contributed by atoms with van der Waals surface area (Å²) in [6, 6.07) is 9.15. The fourth-order valence-corrected chi connectivity index (χ4v) is 6.22. The van der Waals surface area contributed by atoms with Gasteiger partial charge in [-0.25, -0.2) is 9.78 Å². The number of likely N-dealkylation sites (tertiary alicyclic amines) is 1. The van der Waals surface area contributed by atoms with Crippen LogP contribution in [-0.2, 0) is 14.0 Å². The predicted molar refractivity (Wildman–Crippen MR) is 164 cm³/mol. The van der Waals surface area contributed by atoms with Gasteiger partial charge in [0.2, 0.25) is 0 Å². The molecule has 2 aliphatic rings. The summed E-state index contributed by atoms with van der Waals surface area (Å²) in [5.74, 6) is 0.462. The zero-order chi connectivity index (χ0) is 29.7. The van der Waals surface area contributed by atoms with E-state index >= 15 is 0 Å². The topological polar surface area (TPSA) is 81.2 Å². The first-order valence-corrected chi connectivity index (χ1v) is 15.1. The molecule has 0 unspecified atom stereocenters. The number of carbonyl (C=O) groups is 2. The number of amides is 2. The summed E-state index contributed by atoms with van der Waals surface area (Å²) >= 11 is 1.64. The SMILES string of the molecule is Cc1csc2ccnc(N(C(=O)c3ccc(B4OC(C)(C)C(C)(C)O4)cc3)[C@@H]3CCCN(C(=O)OC(C)(C)C)C3)c12. The Kier molecular flexibility index (Phi) is 7.72. The molecule has 0 bridgehead atoms. The van der Waals surface area contributed by atoms with Crippen LogP contribution in [0, 0.1) is 6.92 Å². The third kappa shape index (κ3) is 5.87. The number of carbonyl (C=O) groups excluding carboxylic acids is 2. The Balaban J connectivity index is 1.48. The average molecular weight is 578 g/mol. The fourth-order valence-electron chi connectivity index (χ4n) is 5.29. The van der Waals surface area contributed by atoms with Crippen molar-refractivity contribution < 1.29 is 23.6 Å². The number of hydrogen-bond acceptors (Lipinski definition) is 7. The van der Waals surface area contributed by atoms with Crippen molar-refractivity contribution in [3.05, 3.63) is 53.0 Å². The molecule has 10 heteroatoms. The maximum Gasteiger partial charge on any atom is 0.494 e. The van der Waals surface area contributed by atoms with Gasteiger partial charge >= 0.3 is 13.2 Å². The van der Waals surface area contributed by atoms with Crippen LogP contribution in [0.3, 0.4) is 0 Å². The number of thiophene rings is 1. The minimum absolute atomic E-state index is 0.160. The molecule has 0 saturated carbocycles. The maximum absolute atomic E-state index is 14.4. The maximum atomic E-state index is 14.4. The van der Waals surface area contributed by atoms with E-state index in [9.17, 15) is 9.59 Å². The zero-order valence-electron chi connectivity index (χ0n) is 25.3. The summed E-state index contributed by atoms with van der Waals surface area (Å²) in [4.78, 5) is 35.6. The average Bonchev–Trinajstić information content (AvgIpc) is 3.38. The van der Waals surface area contributed by atoms with Crippen LogP contribution in [-0.4, -0.2) is 64.9 Å². The highest BCUT2D eigenvalue weighted by molar-refractivity contribution is 7.17. The number of benzene rings is 1. The van der Waals surface area contributed by atoms with Crippen LogP contribution in [0.1, 0.15) is 77.2 Å². The van der Waals surface area contributed by atoms with E-state index in [1.54, 1.807) is 27.3 Å². The Bertz CT molecular complexity index is 1430. The second kappa shape index (κ2) is 10.7. The summed E-state index contributed by atoms with van der Waals surface area (Å²) in [5, 5.41) is 3.06. The molecule has 1 atom stereocenters. The van der Waals surface area contributed by atoms with E-state index in [1.807, 2.05) is 85.7 Å². The van der Waals surface area contributed by atoms with E-state index in [0.717, 1.165) is 34.0 Å². The van der Waals surface area contributed by atoms with E-state index < -0.39 is 23.9 Å². The summed E-state index contributed by atoms with van der Waals surface area (Å²) in [5.41, 5.74) is 0.960. The van der Waals surface area contributed by atoms with Gasteiger partial charge in [-0.2, -0.15) is 0 Å². The van der Waals surface area contributed by atoms with E-state index in [0.29, 0.717) is 24.5 Å². The van der Waals surface area contributed by atoms with Gasteiger partial charge in [0, 0.05) is 34.9 Å². The minimum Gasteiger partial charge on any atom is -0.444 e. The van der Waals surface area contributed by atoms with Gasteiger partial charge < -0.3 is 18.9 Å². The highest BCUT2D eigenvalue weighted by Crippen LogP contribution is 2.37. The number of aryl methyl sites for hydroxylation is 1. The molecule has 2 amide bonds. The van der Waals surface area contributed by atoms with Crippen LogP contribution in [0.2, 0.25) is 0 Å². The molecule has 5 rings (SSSR count). The van der Waals surface area contributed by atoms with E-state index in [-0.39, 0.29) is 18.0 Å². The van der Waals surface area contributed by atoms with Gasteiger partial charge in [-0.05, 0) is 103 Å². The van der Waals surface area contributed by atoms with Gasteiger partial charge in [-0.3, -0.25) is 9.69 Å². The summed E-state index contributed by atoms with van der Waals surface area (Å²) in [6.45, 7) is 16.7. The largest absolute Gasteiger partial charge is 0.494 e. The Morgan fingerprint density at radius 1 is 1.10 bits per heavy atom. The molecule has 0 N–H and O–H groups in total. The lowest BCUT2D eigenvalue weighted by Crippen LogP contribution is -2.53. The summed E-state index contributed by atoms with van der Waals surface area (Å²) < 4.78 is 19.2. The molecule has 218 valence electrons.